The molecule has 0 bridgehead atoms. The first-order chi connectivity index (χ1) is 29.2. The molecule has 0 aromatic carbocycles. The van der Waals surface area contributed by atoms with Crippen molar-refractivity contribution in [3.8, 4) is 0 Å². The van der Waals surface area contributed by atoms with Gasteiger partial charge in [-0.15, -0.1) is 0 Å². The molecule has 4 unspecified atom stereocenters. The number of hydrogen-bond acceptors (Lipinski definition) is 12. The van der Waals surface area contributed by atoms with E-state index in [9.17, 15) is 19.2 Å². The molecule has 0 N–H and O–H groups in total. The third-order valence-electron chi connectivity index (χ3n) is 14.4. The van der Waals surface area contributed by atoms with Crippen molar-refractivity contribution in [2.45, 2.75) is 206 Å². The van der Waals surface area contributed by atoms with Crippen molar-refractivity contribution in [2.75, 3.05) is 78.8 Å². The monoisotopic (exact) mass is 861 g/mol. The first-order valence-electron chi connectivity index (χ1n) is 24.9. The van der Waals surface area contributed by atoms with Crippen LogP contribution in [0.25, 0.3) is 0 Å². The van der Waals surface area contributed by atoms with E-state index in [2.05, 4.69) is 47.3 Å². The smallest absolute Gasteiger partial charge is 0.326 e. The molecule has 4 aliphatic heterocycles. The van der Waals surface area contributed by atoms with E-state index in [0.717, 1.165) is 155 Å². The fourth-order valence-corrected chi connectivity index (χ4v) is 9.06. The number of rotatable bonds is 36. The second-order valence-electron chi connectivity index (χ2n) is 20.1. The molecule has 0 aromatic heterocycles. The Morgan fingerprint density at radius 2 is 0.541 bits per heavy atom. The molecule has 4 aliphatic rings. The van der Waals surface area contributed by atoms with Crippen LogP contribution in [0.4, 0.5) is 0 Å². The maximum atomic E-state index is 14.3. The molecule has 4 heterocycles. The quantitative estimate of drug-likeness (QED) is 0.0261. The summed E-state index contributed by atoms with van der Waals surface area (Å²) in [4.78, 5) is 66.0. The summed E-state index contributed by atoms with van der Waals surface area (Å²) in [6.45, 7) is 22.2. The summed E-state index contributed by atoms with van der Waals surface area (Å²) in [5.74, 6) is -1.41. The molecule has 12 heteroatoms. The van der Waals surface area contributed by atoms with Gasteiger partial charge >= 0.3 is 23.9 Å². The topological polar surface area (TPSA) is 117 Å². The van der Waals surface area contributed by atoms with E-state index >= 15 is 0 Å². The van der Waals surface area contributed by atoms with E-state index in [1.807, 2.05) is 27.7 Å². The zero-order chi connectivity index (χ0) is 44.6. The molecule has 0 amide bonds. The van der Waals surface area contributed by atoms with Crippen LogP contribution in [0.2, 0.25) is 0 Å². The van der Waals surface area contributed by atoms with Crippen LogP contribution in [0.3, 0.4) is 0 Å². The Balaban J connectivity index is 1.65. The lowest BCUT2D eigenvalue weighted by molar-refractivity contribution is -0.182. The molecular weight excluding hydrogens is 773 g/mol. The van der Waals surface area contributed by atoms with E-state index in [-0.39, 0.29) is 50.3 Å². The third kappa shape index (κ3) is 14.9. The van der Waals surface area contributed by atoms with Crippen LogP contribution >= 0.6 is 0 Å². The Kier molecular flexibility index (Phi) is 20.3. The molecule has 0 aliphatic carbocycles. The Labute approximate surface area is 370 Å². The highest BCUT2D eigenvalue weighted by atomic mass is 16.6. The Hall–Kier alpha value is -2.28. The van der Waals surface area contributed by atoms with Crippen molar-refractivity contribution >= 4 is 23.9 Å². The second kappa shape index (κ2) is 24.1. The lowest BCUT2D eigenvalue weighted by Gasteiger charge is -2.38. The van der Waals surface area contributed by atoms with Crippen LogP contribution in [0.5, 0.6) is 0 Å². The summed E-state index contributed by atoms with van der Waals surface area (Å²) >= 11 is 0. The van der Waals surface area contributed by atoms with Gasteiger partial charge in [-0.05, 0) is 53.4 Å². The standard InChI is InChI=1S/C49H88N4O8/c1-9-13-17-21-25-45(5,50-29-30-50)41(54)58-37-49(38-59-42(55)46(6,51-31-32-51)26-22-18-14-10-2,39-60-43(56)47(7,52-33-34-52)27-23-19-15-11-3)40-61-44(57)48(8,53-35-36-53)28-24-20-16-12-4/h9-40H2,1-8H3. The maximum Gasteiger partial charge on any atom is 0.326 e. The molecule has 0 spiro atoms. The fraction of sp³-hybridized carbons (Fsp3) is 0.918. The Morgan fingerprint density at radius 1 is 0.344 bits per heavy atom. The SMILES string of the molecule is CCCCCCC(C)(C(=O)OCC(COC(=O)C(C)(CCCCCC)N1CC1)(COC(=O)C(C)(CCCCCC)N1CC1)COC(=O)C(C)(CCCCCC)N1CC1)N1CC1. The minimum absolute atomic E-state index is 0.233. The number of carbonyl (C=O) groups excluding carboxylic acids is 4. The number of esters is 4. The minimum atomic E-state index is -1.34. The lowest BCUT2D eigenvalue weighted by Crippen LogP contribution is -2.53. The highest BCUT2D eigenvalue weighted by molar-refractivity contribution is 5.83. The van der Waals surface area contributed by atoms with Crippen LogP contribution < -0.4 is 0 Å². The third-order valence-corrected chi connectivity index (χ3v) is 14.4. The van der Waals surface area contributed by atoms with Crippen molar-refractivity contribution < 1.29 is 38.1 Å². The first-order valence-corrected chi connectivity index (χ1v) is 24.9. The van der Waals surface area contributed by atoms with Gasteiger partial charge in [-0.2, -0.15) is 0 Å². The number of nitrogens with zero attached hydrogens (tertiary/aromatic N) is 4. The fourth-order valence-electron chi connectivity index (χ4n) is 9.06. The van der Waals surface area contributed by atoms with Crippen LogP contribution in [0.1, 0.15) is 184 Å². The molecule has 4 atom stereocenters. The Bertz CT molecular complexity index is 1180. The average Bonchev–Trinajstić information content (AvgIpc) is 4.07. The van der Waals surface area contributed by atoms with Gasteiger partial charge < -0.3 is 18.9 Å². The van der Waals surface area contributed by atoms with Gasteiger partial charge in [0.05, 0.1) is 0 Å². The van der Waals surface area contributed by atoms with E-state index in [4.69, 9.17) is 18.9 Å². The van der Waals surface area contributed by atoms with Crippen molar-refractivity contribution in [1.29, 1.82) is 0 Å². The molecule has 12 nitrogen and oxygen atoms in total. The van der Waals surface area contributed by atoms with Gasteiger partial charge in [-0.25, -0.2) is 0 Å². The molecular formula is C49H88N4O8. The molecule has 4 rings (SSSR count). The minimum Gasteiger partial charge on any atom is -0.463 e. The van der Waals surface area contributed by atoms with Gasteiger partial charge in [0.2, 0.25) is 0 Å². The van der Waals surface area contributed by atoms with Crippen molar-refractivity contribution in [3.05, 3.63) is 0 Å². The lowest BCUT2D eigenvalue weighted by atomic mass is 9.89. The van der Waals surface area contributed by atoms with E-state index in [0.29, 0.717) is 25.7 Å². The van der Waals surface area contributed by atoms with E-state index in [1.165, 1.54) is 0 Å². The predicted octanol–water partition coefficient (Wildman–Crippen LogP) is 8.32. The van der Waals surface area contributed by atoms with Crippen molar-refractivity contribution in [1.82, 2.24) is 19.6 Å². The zero-order valence-electron chi connectivity index (χ0n) is 40.2. The predicted molar refractivity (Wildman–Crippen MR) is 241 cm³/mol. The number of ether oxygens (including phenoxy) is 4. The molecule has 0 aromatic rings. The van der Waals surface area contributed by atoms with Gasteiger partial charge in [-0.3, -0.25) is 38.8 Å². The summed E-state index contributed by atoms with van der Waals surface area (Å²) in [6.07, 6.45) is 19.3. The molecule has 352 valence electrons. The van der Waals surface area contributed by atoms with Gasteiger partial charge in [0.15, 0.2) is 0 Å². The van der Waals surface area contributed by atoms with Gasteiger partial charge in [0.1, 0.15) is 54.0 Å². The molecule has 4 saturated heterocycles. The van der Waals surface area contributed by atoms with E-state index < -0.39 is 27.6 Å². The maximum absolute atomic E-state index is 14.3. The normalized spacial score (nSPS) is 21.5. The van der Waals surface area contributed by atoms with Gasteiger partial charge in [0.25, 0.3) is 0 Å². The number of hydrogen-bond donors (Lipinski definition) is 0. The molecule has 0 radical (unpaired) electrons. The molecule has 0 saturated carbocycles. The first kappa shape index (κ1) is 51.4. The highest BCUT2D eigenvalue weighted by Crippen LogP contribution is 2.36. The van der Waals surface area contributed by atoms with Crippen LogP contribution in [-0.4, -0.2) is 144 Å². The number of unbranched alkanes of at least 4 members (excludes halogenated alkanes) is 12. The second-order valence-corrected chi connectivity index (χ2v) is 20.1. The highest BCUT2D eigenvalue weighted by Gasteiger charge is 2.52. The summed E-state index contributed by atoms with van der Waals surface area (Å²) < 4.78 is 25.4. The molecule has 4 fully saturated rings. The summed E-state index contributed by atoms with van der Waals surface area (Å²) in [6, 6.07) is 0. The van der Waals surface area contributed by atoms with E-state index in [1.54, 1.807) is 0 Å². The van der Waals surface area contributed by atoms with Crippen molar-refractivity contribution in [2.24, 2.45) is 5.41 Å². The van der Waals surface area contributed by atoms with Crippen LogP contribution in [0, 0.1) is 5.41 Å². The largest absolute Gasteiger partial charge is 0.463 e. The Morgan fingerprint density at radius 3 is 0.705 bits per heavy atom. The average molecular weight is 861 g/mol. The van der Waals surface area contributed by atoms with Crippen molar-refractivity contribution in [3.63, 3.8) is 0 Å². The summed E-state index contributed by atoms with van der Waals surface area (Å²) in [5, 5.41) is 0. The van der Waals surface area contributed by atoms with Crippen LogP contribution in [0.15, 0.2) is 0 Å². The van der Waals surface area contributed by atoms with Crippen LogP contribution in [-0.2, 0) is 38.1 Å². The summed E-state index contributed by atoms with van der Waals surface area (Å²) in [7, 11) is 0. The molecule has 61 heavy (non-hydrogen) atoms. The number of carbonyl (C=O) groups is 4. The zero-order valence-corrected chi connectivity index (χ0v) is 40.2. The van der Waals surface area contributed by atoms with Gasteiger partial charge in [0, 0.05) is 52.4 Å². The summed E-state index contributed by atoms with van der Waals surface area (Å²) in [5.41, 5.74) is -4.59. The van der Waals surface area contributed by atoms with Gasteiger partial charge in [-0.1, -0.05) is 130 Å².